The van der Waals surface area contributed by atoms with Gasteiger partial charge in [0.15, 0.2) is 15.8 Å². The predicted molar refractivity (Wildman–Crippen MR) is 90.9 cm³/mol. The van der Waals surface area contributed by atoms with E-state index >= 15 is 0 Å². The van der Waals surface area contributed by atoms with Crippen LogP contribution in [0.4, 0.5) is 0 Å². The van der Waals surface area contributed by atoms with E-state index in [2.05, 4.69) is 11.1 Å². The Morgan fingerprint density at radius 2 is 1.91 bits per heavy atom. The van der Waals surface area contributed by atoms with E-state index in [0.717, 1.165) is 37.5 Å². The van der Waals surface area contributed by atoms with Gasteiger partial charge in [0.05, 0.1) is 4.90 Å². The van der Waals surface area contributed by atoms with Crippen molar-refractivity contribution < 1.29 is 13.2 Å². The molecule has 0 bridgehead atoms. The maximum absolute atomic E-state index is 12.2. The average Bonchev–Trinajstić information content (AvgIpc) is 2.45. The first kappa shape index (κ1) is 17.2. The number of carbonyl (C=O) groups is 1. The third kappa shape index (κ3) is 3.98. The molecule has 0 atom stereocenters. The number of nitrogens with two attached hydrogens (primary N) is 2. The maximum atomic E-state index is 12.2. The van der Waals surface area contributed by atoms with E-state index in [9.17, 15) is 13.2 Å². The van der Waals surface area contributed by atoms with Gasteiger partial charge in [-0.3, -0.25) is 4.79 Å². The first-order chi connectivity index (χ1) is 10.7. The minimum Gasteiger partial charge on any atom is -0.370 e. The van der Waals surface area contributed by atoms with Crippen molar-refractivity contribution in [2.45, 2.75) is 37.5 Å². The van der Waals surface area contributed by atoms with Crippen molar-refractivity contribution in [2.24, 2.45) is 16.5 Å². The van der Waals surface area contributed by atoms with Crippen LogP contribution in [0.15, 0.2) is 28.1 Å². The van der Waals surface area contributed by atoms with Gasteiger partial charge in [-0.25, -0.2) is 8.42 Å². The van der Waals surface area contributed by atoms with Gasteiger partial charge in [-0.05, 0) is 61.4 Å². The van der Waals surface area contributed by atoms with Crippen molar-refractivity contribution in [2.75, 3.05) is 6.26 Å². The summed E-state index contributed by atoms with van der Waals surface area (Å²) in [5.74, 6) is -0.994. The summed E-state index contributed by atoms with van der Waals surface area (Å²) >= 11 is 0. The third-order valence-corrected chi connectivity index (χ3v) is 4.96. The van der Waals surface area contributed by atoms with Crippen molar-refractivity contribution in [3.8, 4) is 0 Å². The molecule has 0 saturated carbocycles. The van der Waals surface area contributed by atoms with E-state index < -0.39 is 15.7 Å². The van der Waals surface area contributed by atoms with Crippen LogP contribution in [-0.4, -0.2) is 26.5 Å². The van der Waals surface area contributed by atoms with Crippen molar-refractivity contribution in [1.29, 1.82) is 0 Å². The highest BCUT2D eigenvalue weighted by Gasteiger charge is 2.21. The molecule has 1 aliphatic carbocycles. The molecule has 0 aromatic heterocycles. The van der Waals surface area contributed by atoms with E-state index in [1.54, 1.807) is 13.0 Å². The van der Waals surface area contributed by atoms with E-state index in [4.69, 9.17) is 11.5 Å². The highest BCUT2D eigenvalue weighted by atomic mass is 32.2. The van der Waals surface area contributed by atoms with Crippen LogP contribution in [0.25, 0.3) is 5.57 Å². The van der Waals surface area contributed by atoms with Gasteiger partial charge in [0.1, 0.15) is 0 Å². The lowest BCUT2D eigenvalue weighted by molar-refractivity contribution is 0.100. The minimum absolute atomic E-state index is 0.144. The molecule has 0 unspecified atom stereocenters. The summed E-state index contributed by atoms with van der Waals surface area (Å²) in [6.07, 6.45) is 7.12. The van der Waals surface area contributed by atoms with Crippen molar-refractivity contribution in [1.82, 2.24) is 0 Å². The number of sulfone groups is 1. The molecule has 1 aromatic carbocycles. The summed E-state index contributed by atoms with van der Waals surface area (Å²) in [6, 6.07) is 3.12. The smallest absolute Gasteiger partial charge is 0.280 e. The van der Waals surface area contributed by atoms with Crippen molar-refractivity contribution in [3.63, 3.8) is 0 Å². The Morgan fingerprint density at radius 1 is 1.22 bits per heavy atom. The summed E-state index contributed by atoms with van der Waals surface area (Å²) in [7, 11) is -3.49. The first-order valence-corrected chi connectivity index (χ1v) is 9.27. The Bertz CT molecular complexity index is 804. The molecule has 6 nitrogen and oxygen atoms in total. The van der Waals surface area contributed by atoms with Crippen LogP contribution in [0.1, 0.15) is 47.2 Å². The van der Waals surface area contributed by atoms with Gasteiger partial charge in [0.2, 0.25) is 0 Å². The number of allylic oxidation sites excluding steroid dienone is 2. The normalized spacial score (nSPS) is 15.0. The number of hydrogen-bond acceptors (Lipinski definition) is 3. The molecule has 124 valence electrons. The van der Waals surface area contributed by atoms with E-state index in [-0.39, 0.29) is 16.4 Å². The lowest BCUT2D eigenvalue weighted by atomic mass is 9.91. The Morgan fingerprint density at radius 3 is 2.43 bits per heavy atom. The number of nitrogens with zero attached hydrogens (tertiary/aromatic N) is 1. The second kappa shape index (κ2) is 6.54. The highest BCUT2D eigenvalue weighted by molar-refractivity contribution is 7.90. The fraction of sp³-hybridized carbons (Fsp3) is 0.375. The topological polar surface area (TPSA) is 116 Å². The number of aryl methyl sites for hydroxylation is 1. The molecule has 0 saturated heterocycles. The van der Waals surface area contributed by atoms with Crippen LogP contribution < -0.4 is 11.5 Å². The number of hydrogen-bond donors (Lipinski definition) is 2. The average molecular weight is 335 g/mol. The van der Waals surface area contributed by atoms with Gasteiger partial charge in [0.25, 0.3) is 5.91 Å². The molecule has 1 amide bonds. The molecule has 4 N–H and O–H groups in total. The Kier molecular flexibility index (Phi) is 4.89. The quantitative estimate of drug-likeness (QED) is 0.645. The molecule has 0 fully saturated rings. The molecule has 0 radical (unpaired) electrons. The standard InChI is InChI=1S/C16H21N3O3S/c1-10-8-13(11-6-4-3-5-7-11)14(23(2,21)22)9-12(10)15(20)19-16(17)18/h6,8-9H,3-5,7H2,1-2H3,(H4,17,18,19,20). The maximum Gasteiger partial charge on any atom is 0.280 e. The van der Waals surface area contributed by atoms with Crippen LogP contribution >= 0.6 is 0 Å². The molecule has 1 aromatic rings. The van der Waals surface area contributed by atoms with E-state index in [1.165, 1.54) is 6.07 Å². The molecule has 2 rings (SSSR count). The minimum atomic E-state index is -3.49. The van der Waals surface area contributed by atoms with Crippen LogP contribution in [0.2, 0.25) is 0 Å². The SMILES string of the molecule is Cc1cc(C2=CCCCC2)c(S(C)(=O)=O)cc1C(=O)N=C(N)N. The molecule has 0 spiro atoms. The first-order valence-electron chi connectivity index (χ1n) is 7.38. The molecule has 0 aliphatic heterocycles. The number of rotatable bonds is 3. The zero-order valence-electron chi connectivity index (χ0n) is 13.3. The van der Waals surface area contributed by atoms with Gasteiger partial charge in [-0.15, -0.1) is 0 Å². The number of guanidine groups is 1. The van der Waals surface area contributed by atoms with Gasteiger partial charge in [-0.1, -0.05) is 6.08 Å². The van der Waals surface area contributed by atoms with E-state index in [0.29, 0.717) is 11.1 Å². The zero-order chi connectivity index (χ0) is 17.2. The molecular weight excluding hydrogens is 314 g/mol. The third-order valence-electron chi connectivity index (χ3n) is 3.82. The fourth-order valence-corrected chi connectivity index (χ4v) is 3.66. The van der Waals surface area contributed by atoms with Crippen molar-refractivity contribution >= 4 is 27.3 Å². The van der Waals surface area contributed by atoms with Crippen molar-refractivity contribution in [3.05, 3.63) is 34.9 Å². The second-order valence-corrected chi connectivity index (χ2v) is 7.74. The lowest BCUT2D eigenvalue weighted by Gasteiger charge is -2.18. The largest absolute Gasteiger partial charge is 0.370 e. The summed E-state index contributed by atoms with van der Waals surface area (Å²) in [4.78, 5) is 15.7. The number of amides is 1. The number of carbonyl (C=O) groups excluding carboxylic acids is 1. The van der Waals surface area contributed by atoms with E-state index in [1.807, 2.05) is 0 Å². The number of aliphatic imine (C=N–C) groups is 1. The molecule has 23 heavy (non-hydrogen) atoms. The van der Waals surface area contributed by atoms with Gasteiger partial charge in [-0.2, -0.15) is 4.99 Å². The predicted octanol–water partition coefficient (Wildman–Crippen LogP) is 1.77. The Labute approximate surface area is 136 Å². The molecular formula is C16H21N3O3S. The Balaban J connectivity index is 2.66. The van der Waals surface area contributed by atoms with Crippen LogP contribution in [0.3, 0.4) is 0 Å². The number of benzene rings is 1. The van der Waals surface area contributed by atoms with Crippen LogP contribution in [0, 0.1) is 6.92 Å². The second-order valence-electron chi connectivity index (χ2n) is 5.75. The molecule has 1 aliphatic rings. The monoisotopic (exact) mass is 335 g/mol. The summed E-state index contributed by atoms with van der Waals surface area (Å²) in [6.45, 7) is 1.74. The summed E-state index contributed by atoms with van der Waals surface area (Å²) < 4.78 is 24.4. The fourth-order valence-electron chi connectivity index (χ4n) is 2.74. The lowest BCUT2D eigenvalue weighted by Crippen LogP contribution is -2.24. The summed E-state index contributed by atoms with van der Waals surface area (Å²) in [5.41, 5.74) is 13.0. The summed E-state index contributed by atoms with van der Waals surface area (Å²) in [5, 5.41) is 0. The molecule has 7 heteroatoms. The van der Waals surface area contributed by atoms with Crippen LogP contribution in [0.5, 0.6) is 0 Å². The molecule has 0 heterocycles. The van der Waals surface area contributed by atoms with Gasteiger partial charge >= 0.3 is 0 Å². The zero-order valence-corrected chi connectivity index (χ0v) is 14.1. The van der Waals surface area contributed by atoms with Gasteiger partial charge in [0, 0.05) is 11.8 Å². The highest BCUT2D eigenvalue weighted by Crippen LogP contribution is 2.33. The van der Waals surface area contributed by atoms with Crippen LogP contribution in [-0.2, 0) is 9.84 Å². The Hall–Kier alpha value is -2.15. The van der Waals surface area contributed by atoms with Gasteiger partial charge < -0.3 is 11.5 Å².